The van der Waals surface area contributed by atoms with Crippen LogP contribution in [0.2, 0.25) is 0 Å². The van der Waals surface area contributed by atoms with Crippen molar-refractivity contribution in [2.24, 2.45) is 0 Å². The Morgan fingerprint density at radius 2 is 2.27 bits per heavy atom. The summed E-state index contributed by atoms with van der Waals surface area (Å²) in [4.78, 5) is 16.4. The first-order valence-corrected chi connectivity index (χ1v) is 8.34. The second kappa shape index (κ2) is 6.58. The normalized spacial score (nSPS) is 18.7. The van der Waals surface area contributed by atoms with E-state index in [1.807, 2.05) is 25.2 Å². The molecule has 3 rings (SSSR count). The maximum absolute atomic E-state index is 12.3. The van der Waals surface area contributed by atoms with Crippen LogP contribution in [0, 0.1) is 0 Å². The molecule has 2 aromatic rings. The van der Waals surface area contributed by atoms with Gasteiger partial charge in [-0.15, -0.1) is 0 Å². The molecule has 1 aliphatic rings. The highest BCUT2D eigenvalue weighted by Gasteiger charge is 2.23. The van der Waals surface area contributed by atoms with E-state index in [0.717, 1.165) is 42.7 Å². The molecular weight excluding hydrogens is 298 g/mol. The highest BCUT2D eigenvalue weighted by Crippen LogP contribution is 2.15. The van der Waals surface area contributed by atoms with E-state index in [0.29, 0.717) is 6.54 Å². The number of urea groups is 1. The number of carbonyl (C=O) groups excluding carboxylic acids is 1. The Morgan fingerprint density at radius 1 is 1.45 bits per heavy atom. The number of likely N-dealkylation sites (tertiary alicyclic amines) is 1. The molecule has 0 saturated carbocycles. The van der Waals surface area contributed by atoms with Gasteiger partial charge in [0.05, 0.1) is 11.7 Å². The minimum absolute atomic E-state index is 0.0144. The first kappa shape index (κ1) is 15.2. The van der Waals surface area contributed by atoms with Crippen LogP contribution >= 0.6 is 11.7 Å². The molecule has 118 valence electrons. The lowest BCUT2D eigenvalue weighted by molar-refractivity contribution is 0.202. The molecule has 2 amide bonds. The third-order valence-corrected chi connectivity index (χ3v) is 4.69. The van der Waals surface area contributed by atoms with Gasteiger partial charge in [0, 0.05) is 32.7 Å². The van der Waals surface area contributed by atoms with Gasteiger partial charge in [0.2, 0.25) is 0 Å². The van der Waals surface area contributed by atoms with Crippen molar-refractivity contribution < 1.29 is 4.79 Å². The van der Waals surface area contributed by atoms with Crippen LogP contribution in [0.5, 0.6) is 0 Å². The Kier molecular flexibility index (Phi) is 4.54. The summed E-state index contributed by atoms with van der Waals surface area (Å²) in [5.74, 6) is 0. The van der Waals surface area contributed by atoms with E-state index >= 15 is 0 Å². The smallest absolute Gasteiger partial charge is 0.317 e. The van der Waals surface area contributed by atoms with Crippen molar-refractivity contribution >= 4 is 28.8 Å². The molecule has 1 saturated heterocycles. The lowest BCUT2D eigenvalue weighted by atomic mass is 10.2. The second-order valence-electron chi connectivity index (χ2n) is 5.77. The Hall–Kier alpha value is -1.73. The number of amides is 2. The van der Waals surface area contributed by atoms with E-state index in [1.165, 1.54) is 11.7 Å². The molecule has 1 atom stereocenters. The Bertz CT molecular complexity index is 658. The van der Waals surface area contributed by atoms with E-state index in [-0.39, 0.29) is 12.1 Å². The fourth-order valence-corrected chi connectivity index (χ4v) is 3.31. The zero-order chi connectivity index (χ0) is 15.5. The predicted octanol–water partition coefficient (Wildman–Crippen LogP) is 1.93. The van der Waals surface area contributed by atoms with Gasteiger partial charge in [-0.3, -0.25) is 0 Å². The molecule has 0 aliphatic carbocycles. The quantitative estimate of drug-likeness (QED) is 0.935. The van der Waals surface area contributed by atoms with Gasteiger partial charge in [-0.05, 0) is 30.7 Å². The van der Waals surface area contributed by atoms with E-state index in [4.69, 9.17) is 0 Å². The van der Waals surface area contributed by atoms with Crippen molar-refractivity contribution in [2.75, 3.05) is 26.7 Å². The third-order valence-electron chi connectivity index (χ3n) is 4.13. The molecule has 0 bridgehead atoms. The number of carbonyl (C=O) groups is 1. The van der Waals surface area contributed by atoms with Crippen molar-refractivity contribution in [3.63, 3.8) is 0 Å². The number of rotatable bonds is 4. The van der Waals surface area contributed by atoms with Gasteiger partial charge in [-0.2, -0.15) is 8.75 Å². The topological polar surface area (TPSA) is 61.4 Å². The summed E-state index contributed by atoms with van der Waals surface area (Å²) in [6.07, 6.45) is 1.03. The van der Waals surface area contributed by atoms with Gasteiger partial charge in [-0.25, -0.2) is 4.79 Å². The zero-order valence-electron chi connectivity index (χ0n) is 13.0. The van der Waals surface area contributed by atoms with Crippen molar-refractivity contribution in [2.45, 2.75) is 25.9 Å². The van der Waals surface area contributed by atoms with E-state index in [9.17, 15) is 4.79 Å². The summed E-state index contributed by atoms with van der Waals surface area (Å²) in [7, 11) is 1.82. The molecule has 1 N–H and O–H groups in total. The largest absolute Gasteiger partial charge is 0.334 e. The molecular formula is C15H21N5OS. The Balaban J connectivity index is 1.56. The van der Waals surface area contributed by atoms with E-state index in [1.54, 1.807) is 4.90 Å². The van der Waals surface area contributed by atoms with Crippen LogP contribution in [0.3, 0.4) is 0 Å². The highest BCUT2D eigenvalue weighted by atomic mass is 32.1. The van der Waals surface area contributed by atoms with Gasteiger partial charge < -0.3 is 15.1 Å². The van der Waals surface area contributed by atoms with Crippen molar-refractivity contribution in [3.8, 4) is 0 Å². The summed E-state index contributed by atoms with van der Waals surface area (Å²) < 4.78 is 8.43. The molecule has 1 fully saturated rings. The molecule has 0 unspecified atom stereocenters. The summed E-state index contributed by atoms with van der Waals surface area (Å²) in [5, 5.41) is 3.11. The lowest BCUT2D eigenvalue weighted by Gasteiger charge is -2.21. The number of aromatic nitrogens is 2. The van der Waals surface area contributed by atoms with Crippen LogP contribution < -0.4 is 5.32 Å². The number of benzene rings is 1. The highest BCUT2D eigenvalue weighted by molar-refractivity contribution is 7.00. The van der Waals surface area contributed by atoms with Crippen LogP contribution in [0.15, 0.2) is 18.2 Å². The first-order valence-electron chi connectivity index (χ1n) is 7.61. The average molecular weight is 319 g/mol. The van der Waals surface area contributed by atoms with Gasteiger partial charge in [0.15, 0.2) is 0 Å². The number of fused-ring (bicyclic) bond motifs is 1. The molecule has 0 radical (unpaired) electrons. The minimum atomic E-state index is -0.0144. The number of nitrogens with zero attached hydrogens (tertiary/aromatic N) is 4. The summed E-state index contributed by atoms with van der Waals surface area (Å²) in [6, 6.07) is 6.20. The molecule has 6 nitrogen and oxygen atoms in total. The van der Waals surface area contributed by atoms with Gasteiger partial charge in [-0.1, -0.05) is 13.0 Å². The minimum Gasteiger partial charge on any atom is -0.334 e. The molecule has 1 aromatic carbocycles. The van der Waals surface area contributed by atoms with Gasteiger partial charge in [0.25, 0.3) is 0 Å². The summed E-state index contributed by atoms with van der Waals surface area (Å²) in [5.41, 5.74) is 2.87. The fourth-order valence-electron chi connectivity index (χ4n) is 2.79. The Morgan fingerprint density at radius 3 is 3.05 bits per heavy atom. The molecule has 0 spiro atoms. The number of hydrogen-bond donors (Lipinski definition) is 1. The molecule has 2 heterocycles. The maximum Gasteiger partial charge on any atom is 0.317 e. The second-order valence-corrected chi connectivity index (χ2v) is 6.30. The fraction of sp³-hybridized carbons (Fsp3) is 0.533. The maximum atomic E-state index is 12.3. The van der Waals surface area contributed by atoms with Gasteiger partial charge in [0.1, 0.15) is 11.0 Å². The SMILES string of the molecule is CCN1CC[C@@H](NC(=O)N(C)Cc2ccc3nsnc3c2)C1. The first-order chi connectivity index (χ1) is 10.7. The van der Waals surface area contributed by atoms with Crippen molar-refractivity contribution in [1.29, 1.82) is 0 Å². The van der Waals surface area contributed by atoms with Crippen LogP contribution in [-0.4, -0.2) is 57.3 Å². The molecule has 22 heavy (non-hydrogen) atoms. The van der Waals surface area contributed by atoms with E-state index in [2.05, 4.69) is 25.9 Å². The van der Waals surface area contributed by atoms with Crippen LogP contribution in [0.1, 0.15) is 18.9 Å². The average Bonchev–Trinajstić information content (AvgIpc) is 3.15. The standard InChI is InChI=1S/C15H21N5OS/c1-3-20-7-6-12(10-20)16-15(21)19(2)9-11-4-5-13-14(8-11)18-22-17-13/h4-5,8,12H,3,6-7,9-10H2,1-2H3,(H,16,21)/t12-/m1/s1. The summed E-state index contributed by atoms with van der Waals surface area (Å²) >= 11 is 1.21. The van der Waals surface area contributed by atoms with Crippen molar-refractivity contribution in [1.82, 2.24) is 23.9 Å². The molecule has 1 aliphatic heterocycles. The summed E-state index contributed by atoms with van der Waals surface area (Å²) in [6.45, 7) is 5.79. The van der Waals surface area contributed by atoms with Crippen LogP contribution in [0.25, 0.3) is 11.0 Å². The molecule has 1 aromatic heterocycles. The lowest BCUT2D eigenvalue weighted by Crippen LogP contribution is -2.43. The zero-order valence-corrected chi connectivity index (χ0v) is 13.8. The number of hydrogen-bond acceptors (Lipinski definition) is 5. The number of likely N-dealkylation sites (N-methyl/N-ethyl adjacent to an activating group) is 1. The molecule has 7 heteroatoms. The Labute approximate surface area is 134 Å². The van der Waals surface area contributed by atoms with Crippen molar-refractivity contribution in [3.05, 3.63) is 23.8 Å². The van der Waals surface area contributed by atoms with Gasteiger partial charge >= 0.3 is 6.03 Å². The predicted molar refractivity (Wildman–Crippen MR) is 87.9 cm³/mol. The number of nitrogens with one attached hydrogen (secondary N) is 1. The van der Waals surface area contributed by atoms with E-state index < -0.39 is 0 Å². The van der Waals surface area contributed by atoms with Crippen LogP contribution in [0.4, 0.5) is 4.79 Å². The van der Waals surface area contributed by atoms with Crippen LogP contribution in [-0.2, 0) is 6.54 Å². The monoisotopic (exact) mass is 319 g/mol. The third kappa shape index (κ3) is 3.36.